The average Bonchev–Trinajstić information content (AvgIpc) is 2.67. The van der Waals surface area contributed by atoms with Crippen molar-refractivity contribution in [2.75, 3.05) is 25.1 Å². The molecule has 142 valence electrons. The maximum absolute atomic E-state index is 11.8. The second-order valence-electron chi connectivity index (χ2n) is 5.21. The molecule has 0 unspecified atom stereocenters. The van der Waals surface area contributed by atoms with Crippen molar-refractivity contribution in [2.45, 2.75) is 6.92 Å². The number of hydrogen-bond donors (Lipinski definition) is 1. The van der Waals surface area contributed by atoms with Crippen LogP contribution < -0.4 is 14.8 Å². The number of nitrogens with one attached hydrogen (secondary N) is 1. The largest absolute Gasteiger partial charge is 0.494 e. The summed E-state index contributed by atoms with van der Waals surface area (Å²) >= 11 is 0. The van der Waals surface area contributed by atoms with Crippen molar-refractivity contribution >= 4 is 23.3 Å². The monoisotopic (exact) mass is 374 g/mol. The van der Waals surface area contributed by atoms with Crippen LogP contribution in [0.4, 0.5) is 11.4 Å². The molecule has 9 heteroatoms. The Labute approximate surface area is 155 Å². The zero-order valence-corrected chi connectivity index (χ0v) is 14.5. The Morgan fingerprint density at radius 3 is 2.15 bits per heavy atom. The lowest BCUT2D eigenvalue weighted by Crippen LogP contribution is -2.23. The number of benzene rings is 2. The van der Waals surface area contributed by atoms with E-state index in [4.69, 9.17) is 14.2 Å². The van der Waals surface area contributed by atoms with Crippen LogP contribution in [0.3, 0.4) is 0 Å². The van der Waals surface area contributed by atoms with Crippen LogP contribution in [0, 0.1) is 10.1 Å². The van der Waals surface area contributed by atoms with E-state index in [1.165, 1.54) is 24.3 Å². The van der Waals surface area contributed by atoms with E-state index in [1.54, 1.807) is 24.3 Å². The van der Waals surface area contributed by atoms with E-state index >= 15 is 0 Å². The fourth-order valence-corrected chi connectivity index (χ4v) is 1.99. The van der Waals surface area contributed by atoms with Gasteiger partial charge in [0, 0.05) is 17.8 Å². The van der Waals surface area contributed by atoms with E-state index in [0.29, 0.717) is 18.0 Å². The van der Waals surface area contributed by atoms with Crippen LogP contribution in [0.25, 0.3) is 0 Å². The highest BCUT2D eigenvalue weighted by atomic mass is 16.6. The summed E-state index contributed by atoms with van der Waals surface area (Å²) in [6, 6.07) is 12.0. The number of anilines is 1. The van der Waals surface area contributed by atoms with Gasteiger partial charge in [-0.25, -0.2) is 4.79 Å². The molecule has 2 rings (SSSR count). The number of amides is 1. The third kappa shape index (κ3) is 6.65. The summed E-state index contributed by atoms with van der Waals surface area (Å²) in [6.45, 7) is 1.53. The van der Waals surface area contributed by atoms with E-state index in [0.717, 1.165) is 0 Å². The second kappa shape index (κ2) is 9.76. The minimum Gasteiger partial charge on any atom is -0.494 e. The maximum atomic E-state index is 11.8. The van der Waals surface area contributed by atoms with Gasteiger partial charge in [-0.15, -0.1) is 0 Å². The van der Waals surface area contributed by atoms with Gasteiger partial charge in [0.15, 0.2) is 13.2 Å². The average molecular weight is 374 g/mol. The molecule has 0 aliphatic heterocycles. The highest BCUT2D eigenvalue weighted by Crippen LogP contribution is 2.17. The molecule has 0 fully saturated rings. The van der Waals surface area contributed by atoms with Crippen molar-refractivity contribution in [3.05, 3.63) is 58.6 Å². The van der Waals surface area contributed by atoms with Crippen molar-refractivity contribution in [1.82, 2.24) is 0 Å². The predicted octanol–water partition coefficient (Wildman–Crippen LogP) is 2.55. The molecule has 2 aromatic rings. The van der Waals surface area contributed by atoms with Crippen LogP contribution in [0.5, 0.6) is 11.5 Å². The van der Waals surface area contributed by atoms with Gasteiger partial charge in [-0.05, 0) is 43.3 Å². The highest BCUT2D eigenvalue weighted by molar-refractivity contribution is 5.92. The lowest BCUT2D eigenvalue weighted by atomic mass is 10.3. The van der Waals surface area contributed by atoms with Crippen molar-refractivity contribution < 1.29 is 28.7 Å². The molecule has 0 bridgehead atoms. The molecule has 1 amide bonds. The Kier molecular flexibility index (Phi) is 7.12. The zero-order chi connectivity index (χ0) is 19.6. The molecule has 0 aliphatic carbocycles. The predicted molar refractivity (Wildman–Crippen MR) is 95.8 cm³/mol. The van der Waals surface area contributed by atoms with Gasteiger partial charge in [0.25, 0.3) is 11.6 Å². The summed E-state index contributed by atoms with van der Waals surface area (Å²) in [5.41, 5.74) is 0.456. The molecule has 27 heavy (non-hydrogen) atoms. The van der Waals surface area contributed by atoms with Crippen LogP contribution in [0.1, 0.15) is 6.92 Å². The number of nitro groups is 1. The molecule has 9 nitrogen and oxygen atoms in total. The Morgan fingerprint density at radius 1 is 0.963 bits per heavy atom. The molecule has 0 saturated carbocycles. The molecule has 0 aliphatic rings. The topological polar surface area (TPSA) is 117 Å². The van der Waals surface area contributed by atoms with Gasteiger partial charge in [-0.2, -0.15) is 0 Å². The Morgan fingerprint density at radius 2 is 1.56 bits per heavy atom. The van der Waals surface area contributed by atoms with Crippen molar-refractivity contribution in [2.24, 2.45) is 0 Å². The number of nitro benzene ring substituents is 1. The van der Waals surface area contributed by atoms with Crippen LogP contribution in [0.2, 0.25) is 0 Å². The summed E-state index contributed by atoms with van der Waals surface area (Å²) in [5, 5.41) is 13.1. The van der Waals surface area contributed by atoms with Gasteiger partial charge in [0.05, 0.1) is 11.5 Å². The standard InChI is InChI=1S/C18H18N2O7/c1-2-25-15-7-3-13(4-8-15)19-17(21)11-27-18(22)12-26-16-9-5-14(6-10-16)20(23)24/h3-10H,2,11-12H2,1H3,(H,19,21). The third-order valence-electron chi connectivity index (χ3n) is 3.22. The quantitative estimate of drug-likeness (QED) is 0.407. The van der Waals surface area contributed by atoms with Gasteiger partial charge in [0.2, 0.25) is 0 Å². The Balaban J connectivity index is 1.71. The summed E-state index contributed by atoms with van der Waals surface area (Å²) in [4.78, 5) is 33.4. The number of non-ortho nitro benzene ring substituents is 1. The van der Waals surface area contributed by atoms with E-state index in [1.807, 2.05) is 6.92 Å². The number of carbonyl (C=O) groups is 2. The smallest absolute Gasteiger partial charge is 0.344 e. The minimum atomic E-state index is -0.741. The third-order valence-corrected chi connectivity index (χ3v) is 3.22. The molecule has 2 aromatic carbocycles. The van der Waals surface area contributed by atoms with Crippen LogP contribution in [0.15, 0.2) is 48.5 Å². The first-order chi connectivity index (χ1) is 13.0. The number of esters is 1. The van der Waals surface area contributed by atoms with E-state index in [9.17, 15) is 19.7 Å². The molecule has 0 spiro atoms. The molecule has 0 aromatic heterocycles. The van der Waals surface area contributed by atoms with E-state index in [2.05, 4.69) is 5.32 Å². The molecular formula is C18H18N2O7. The minimum absolute atomic E-state index is 0.0871. The Hall–Kier alpha value is -3.62. The van der Waals surface area contributed by atoms with Gasteiger partial charge >= 0.3 is 5.97 Å². The molecule has 0 heterocycles. The number of hydrogen-bond acceptors (Lipinski definition) is 7. The molecule has 0 radical (unpaired) electrons. The normalized spacial score (nSPS) is 9.96. The molecule has 1 N–H and O–H groups in total. The molecule has 0 saturated heterocycles. The first-order valence-electron chi connectivity index (χ1n) is 8.03. The lowest BCUT2D eigenvalue weighted by Gasteiger charge is -2.08. The highest BCUT2D eigenvalue weighted by Gasteiger charge is 2.10. The zero-order valence-electron chi connectivity index (χ0n) is 14.5. The lowest BCUT2D eigenvalue weighted by molar-refractivity contribution is -0.384. The number of carbonyl (C=O) groups excluding carboxylic acids is 2. The summed E-state index contributed by atoms with van der Waals surface area (Å²) < 4.78 is 15.3. The Bertz CT molecular complexity index is 788. The van der Waals surface area contributed by atoms with Gasteiger partial charge < -0.3 is 19.5 Å². The summed E-state index contributed by atoms with van der Waals surface area (Å²) in [5.74, 6) is -0.278. The van der Waals surface area contributed by atoms with E-state index < -0.39 is 30.0 Å². The summed E-state index contributed by atoms with van der Waals surface area (Å²) in [6.07, 6.45) is 0. The fourth-order valence-electron chi connectivity index (χ4n) is 1.99. The second-order valence-corrected chi connectivity index (χ2v) is 5.21. The first-order valence-corrected chi connectivity index (χ1v) is 8.03. The number of ether oxygens (including phenoxy) is 3. The molecular weight excluding hydrogens is 356 g/mol. The van der Waals surface area contributed by atoms with Crippen molar-refractivity contribution in [3.8, 4) is 11.5 Å². The van der Waals surface area contributed by atoms with Crippen LogP contribution >= 0.6 is 0 Å². The summed E-state index contributed by atoms with van der Waals surface area (Å²) in [7, 11) is 0. The van der Waals surface area contributed by atoms with Crippen molar-refractivity contribution in [3.63, 3.8) is 0 Å². The molecule has 0 atom stereocenters. The SMILES string of the molecule is CCOc1ccc(NC(=O)COC(=O)COc2ccc([N+](=O)[O-])cc2)cc1. The number of rotatable bonds is 9. The maximum Gasteiger partial charge on any atom is 0.344 e. The number of nitrogens with zero attached hydrogens (tertiary/aromatic N) is 1. The van der Waals surface area contributed by atoms with E-state index in [-0.39, 0.29) is 11.4 Å². The van der Waals surface area contributed by atoms with Crippen LogP contribution in [-0.4, -0.2) is 36.6 Å². The van der Waals surface area contributed by atoms with Gasteiger partial charge in [0.1, 0.15) is 11.5 Å². The van der Waals surface area contributed by atoms with Crippen molar-refractivity contribution in [1.29, 1.82) is 0 Å². The van der Waals surface area contributed by atoms with Gasteiger partial charge in [-0.1, -0.05) is 0 Å². The van der Waals surface area contributed by atoms with Gasteiger partial charge in [-0.3, -0.25) is 14.9 Å². The first kappa shape index (κ1) is 19.7. The van der Waals surface area contributed by atoms with Crippen LogP contribution in [-0.2, 0) is 14.3 Å². The fraction of sp³-hybridized carbons (Fsp3) is 0.222.